The number of ether oxygens (including phenoxy) is 1. The molecule has 1 fully saturated rings. The molecule has 2 bridgehead atoms. The first-order chi connectivity index (χ1) is 15.5. The van der Waals surface area contributed by atoms with E-state index in [1.807, 2.05) is 41.0 Å². The van der Waals surface area contributed by atoms with Gasteiger partial charge in [0.1, 0.15) is 13.2 Å². The van der Waals surface area contributed by atoms with E-state index in [1.165, 1.54) is 0 Å². The number of hydrogen-bond donors (Lipinski definition) is 2. The zero-order valence-electron chi connectivity index (χ0n) is 17.7. The predicted molar refractivity (Wildman–Crippen MR) is 116 cm³/mol. The zero-order valence-corrected chi connectivity index (χ0v) is 17.7. The normalized spacial score (nSPS) is 18.9. The van der Waals surface area contributed by atoms with Gasteiger partial charge in [-0.1, -0.05) is 36.4 Å². The van der Waals surface area contributed by atoms with E-state index in [0.717, 1.165) is 17.7 Å². The van der Waals surface area contributed by atoms with Crippen molar-refractivity contribution in [3.05, 3.63) is 70.1 Å². The number of rotatable bonds is 6. The number of carbonyl (C=O) groups excluding carboxylic acids is 3. The minimum atomic E-state index is -0.701. The lowest BCUT2D eigenvalue weighted by molar-refractivity contribution is -0.135. The summed E-state index contributed by atoms with van der Waals surface area (Å²) in [4.78, 5) is 50.2. The van der Waals surface area contributed by atoms with Crippen LogP contribution in [0.1, 0.15) is 23.6 Å². The number of benzene rings is 1. The largest absolute Gasteiger partial charge is 0.445 e. The minimum Gasteiger partial charge on any atom is -0.445 e. The molecule has 32 heavy (non-hydrogen) atoms. The summed E-state index contributed by atoms with van der Waals surface area (Å²) in [5.74, 6) is -0.297. The number of hydrogen-bond acceptors (Lipinski definition) is 5. The van der Waals surface area contributed by atoms with Crippen LogP contribution in [0.3, 0.4) is 0 Å². The Balaban J connectivity index is 1.20. The highest BCUT2D eigenvalue weighted by molar-refractivity contribution is 5.87. The summed E-state index contributed by atoms with van der Waals surface area (Å²) in [6, 6.07) is 14.5. The molecule has 0 radical (unpaired) electrons. The van der Waals surface area contributed by atoms with Gasteiger partial charge in [-0.25, -0.2) is 4.79 Å². The van der Waals surface area contributed by atoms with Crippen LogP contribution >= 0.6 is 0 Å². The topological polar surface area (TPSA) is 110 Å². The number of piperidine rings is 1. The molecule has 1 aromatic carbocycles. The fraction of sp³-hybridized carbons (Fsp3) is 0.391. The first-order valence-corrected chi connectivity index (χ1v) is 10.7. The van der Waals surface area contributed by atoms with Crippen molar-refractivity contribution in [3.8, 4) is 0 Å². The van der Waals surface area contributed by atoms with Gasteiger partial charge in [0.25, 0.3) is 5.56 Å². The molecule has 0 unspecified atom stereocenters. The number of alkyl carbamates (subject to hydrolysis) is 1. The first kappa shape index (κ1) is 21.6. The molecule has 4 rings (SSSR count). The van der Waals surface area contributed by atoms with Crippen LogP contribution < -0.4 is 16.2 Å². The molecular weight excluding hydrogens is 412 g/mol. The van der Waals surface area contributed by atoms with Gasteiger partial charge in [-0.15, -0.1) is 0 Å². The monoisotopic (exact) mass is 438 g/mol. The average Bonchev–Trinajstić information content (AvgIpc) is 2.81. The molecular formula is C23H26N4O5. The van der Waals surface area contributed by atoms with Gasteiger partial charge < -0.3 is 24.8 Å². The number of pyridine rings is 1. The summed E-state index contributed by atoms with van der Waals surface area (Å²) >= 11 is 0. The van der Waals surface area contributed by atoms with Crippen molar-refractivity contribution >= 4 is 17.9 Å². The number of aromatic nitrogens is 1. The van der Waals surface area contributed by atoms with E-state index >= 15 is 0 Å². The van der Waals surface area contributed by atoms with Crippen molar-refractivity contribution in [2.24, 2.45) is 5.92 Å². The molecule has 1 saturated heterocycles. The third-order valence-electron chi connectivity index (χ3n) is 5.88. The summed E-state index contributed by atoms with van der Waals surface area (Å²) in [5.41, 5.74) is 1.81. The molecule has 2 atom stereocenters. The first-order valence-electron chi connectivity index (χ1n) is 10.7. The zero-order chi connectivity index (χ0) is 22.5. The second-order valence-corrected chi connectivity index (χ2v) is 8.19. The second-order valence-electron chi connectivity index (χ2n) is 8.19. The smallest absolute Gasteiger partial charge is 0.407 e. The van der Waals surface area contributed by atoms with E-state index in [4.69, 9.17) is 4.74 Å². The average molecular weight is 438 g/mol. The van der Waals surface area contributed by atoms with Crippen LogP contribution in [0.2, 0.25) is 0 Å². The predicted octanol–water partition coefficient (Wildman–Crippen LogP) is 0.837. The summed E-state index contributed by atoms with van der Waals surface area (Å²) < 4.78 is 6.86. The third-order valence-corrected chi connectivity index (χ3v) is 5.88. The molecule has 1 aromatic heterocycles. The summed E-state index contributed by atoms with van der Waals surface area (Å²) in [5, 5.41) is 4.92. The van der Waals surface area contributed by atoms with Crippen LogP contribution in [0.4, 0.5) is 4.79 Å². The number of carbonyl (C=O) groups is 3. The van der Waals surface area contributed by atoms with E-state index in [0.29, 0.717) is 19.6 Å². The molecule has 168 valence electrons. The van der Waals surface area contributed by atoms with Crippen molar-refractivity contribution < 1.29 is 19.1 Å². The van der Waals surface area contributed by atoms with Gasteiger partial charge in [0, 0.05) is 37.3 Å². The van der Waals surface area contributed by atoms with Gasteiger partial charge in [0.05, 0.1) is 6.54 Å². The Hall–Kier alpha value is -3.62. The summed E-state index contributed by atoms with van der Waals surface area (Å²) in [7, 11) is 0. The van der Waals surface area contributed by atoms with E-state index < -0.39 is 12.0 Å². The van der Waals surface area contributed by atoms with Gasteiger partial charge in [-0.05, 0) is 24.0 Å². The molecule has 2 N–H and O–H groups in total. The Bertz CT molecular complexity index is 1050. The second kappa shape index (κ2) is 9.67. The third kappa shape index (κ3) is 5.16. The van der Waals surface area contributed by atoms with Crippen LogP contribution in [0, 0.1) is 5.92 Å². The van der Waals surface area contributed by atoms with E-state index in [9.17, 15) is 19.2 Å². The van der Waals surface area contributed by atoms with Gasteiger partial charge in [-0.3, -0.25) is 14.4 Å². The highest BCUT2D eigenvalue weighted by atomic mass is 16.5. The number of amides is 3. The SMILES string of the molecule is O=C(CNC(=O)OCc1ccccc1)NCC(=O)N1C[C@H]2C[C@@H](C1)c1cccc(=O)n1C2. The van der Waals surface area contributed by atoms with Crippen molar-refractivity contribution in [2.75, 3.05) is 26.2 Å². The van der Waals surface area contributed by atoms with Crippen LogP contribution in [0.15, 0.2) is 53.3 Å². The van der Waals surface area contributed by atoms with Crippen molar-refractivity contribution in [1.82, 2.24) is 20.1 Å². The van der Waals surface area contributed by atoms with Gasteiger partial charge in [0.15, 0.2) is 0 Å². The van der Waals surface area contributed by atoms with E-state index in [1.54, 1.807) is 17.0 Å². The summed E-state index contributed by atoms with van der Waals surface area (Å²) in [6.45, 7) is 1.40. The number of fused-ring (bicyclic) bond motifs is 4. The number of nitrogens with zero attached hydrogens (tertiary/aromatic N) is 2. The maximum atomic E-state index is 12.6. The highest BCUT2D eigenvalue weighted by Gasteiger charge is 2.36. The molecule has 2 aromatic rings. The standard InChI is InChI=1S/C23H26N4O5/c28-20(10-25-23(31)32-15-16-5-2-1-3-6-16)24-11-22(30)26-12-17-9-18(14-26)19-7-4-8-21(29)27(19)13-17/h1-8,17-18H,9-15H2,(H,24,28)(H,25,31)/t17-,18+/m1/s1. The highest BCUT2D eigenvalue weighted by Crippen LogP contribution is 2.34. The van der Waals surface area contributed by atoms with Crippen molar-refractivity contribution in [2.45, 2.75) is 25.5 Å². The van der Waals surface area contributed by atoms with Gasteiger partial charge in [-0.2, -0.15) is 0 Å². The van der Waals surface area contributed by atoms with Crippen molar-refractivity contribution in [3.63, 3.8) is 0 Å². The maximum absolute atomic E-state index is 12.6. The number of likely N-dealkylation sites (tertiary alicyclic amines) is 1. The Morgan fingerprint density at radius 2 is 1.75 bits per heavy atom. The number of nitrogens with one attached hydrogen (secondary N) is 2. The molecule has 0 spiro atoms. The molecule has 3 amide bonds. The van der Waals surface area contributed by atoms with Gasteiger partial charge >= 0.3 is 6.09 Å². The maximum Gasteiger partial charge on any atom is 0.407 e. The van der Waals surface area contributed by atoms with Crippen molar-refractivity contribution in [1.29, 1.82) is 0 Å². The van der Waals surface area contributed by atoms with E-state index in [2.05, 4.69) is 10.6 Å². The lowest BCUT2D eigenvalue weighted by atomic mass is 9.83. The van der Waals surface area contributed by atoms with Gasteiger partial charge in [0.2, 0.25) is 11.8 Å². The molecule has 3 heterocycles. The van der Waals surface area contributed by atoms with Crippen LogP contribution in [0.5, 0.6) is 0 Å². The molecule has 2 aliphatic heterocycles. The molecule has 0 saturated carbocycles. The Morgan fingerprint density at radius 3 is 2.56 bits per heavy atom. The lowest BCUT2D eigenvalue weighted by Crippen LogP contribution is -2.51. The molecule has 2 aliphatic rings. The summed E-state index contributed by atoms with van der Waals surface area (Å²) in [6.07, 6.45) is 0.252. The molecule has 9 nitrogen and oxygen atoms in total. The van der Waals surface area contributed by atoms with Crippen LogP contribution in [0.25, 0.3) is 0 Å². The molecule has 9 heteroatoms. The fourth-order valence-electron chi connectivity index (χ4n) is 4.38. The Labute approximate surface area is 185 Å². The minimum absolute atomic E-state index is 0.000893. The Kier molecular flexibility index (Phi) is 6.53. The lowest BCUT2D eigenvalue weighted by Gasteiger charge is -2.42. The van der Waals surface area contributed by atoms with E-state index in [-0.39, 0.29) is 43.0 Å². The molecule has 0 aliphatic carbocycles. The van der Waals surface area contributed by atoms with Crippen LogP contribution in [-0.4, -0.2) is 53.6 Å². The quantitative estimate of drug-likeness (QED) is 0.695. The fourth-order valence-corrected chi connectivity index (χ4v) is 4.38. The van der Waals surface area contributed by atoms with Crippen LogP contribution in [-0.2, 0) is 27.5 Å². The Morgan fingerprint density at radius 1 is 0.938 bits per heavy atom.